The molecule has 0 bridgehead atoms. The minimum atomic E-state index is -1.00. The molecule has 0 unspecified atom stereocenters. The highest BCUT2D eigenvalue weighted by atomic mass is 19.2. The maximum Gasteiger partial charge on any atom is 0.252 e. The number of halogens is 3. The fraction of sp³-hybridized carbons (Fsp3) is 0.205. The number of ether oxygens (including phenoxy) is 3. The van der Waals surface area contributed by atoms with Crippen molar-refractivity contribution in [2.24, 2.45) is 17.2 Å². The van der Waals surface area contributed by atoms with Crippen LogP contribution >= 0.6 is 0 Å². The molecule has 6 aromatic carbocycles. The van der Waals surface area contributed by atoms with Crippen LogP contribution in [0.25, 0.3) is 33.8 Å². The summed E-state index contributed by atoms with van der Waals surface area (Å²) >= 11 is 0. The van der Waals surface area contributed by atoms with Crippen molar-refractivity contribution in [3.05, 3.63) is 236 Å². The van der Waals surface area contributed by atoms with Crippen LogP contribution in [0.4, 0.5) is 13.2 Å². The number of nitrogens with two attached hydrogens (primary N) is 3. The van der Waals surface area contributed by atoms with E-state index in [9.17, 15) is 41.9 Å². The van der Waals surface area contributed by atoms with Crippen LogP contribution in [0.3, 0.4) is 0 Å². The minimum absolute atomic E-state index is 0.0477. The fourth-order valence-electron chi connectivity index (χ4n) is 11.5. The predicted molar refractivity (Wildman–Crippen MR) is 358 cm³/mol. The van der Waals surface area contributed by atoms with E-state index in [0.717, 1.165) is 56.2 Å². The molecule has 22 nitrogen and oxygen atoms in total. The Balaban J connectivity index is 0.000000159. The van der Waals surface area contributed by atoms with Crippen LogP contribution in [-0.2, 0) is 14.4 Å². The number of hydrogen-bond donors (Lipinski definition) is 3. The van der Waals surface area contributed by atoms with Crippen LogP contribution < -0.4 is 31.4 Å². The van der Waals surface area contributed by atoms with Crippen LogP contribution in [0.1, 0.15) is 93.3 Å². The number of nitrogens with zero attached hydrogens (tertiary/aromatic N) is 10. The van der Waals surface area contributed by atoms with E-state index in [1.165, 1.54) is 36.4 Å². The van der Waals surface area contributed by atoms with Gasteiger partial charge in [-0.2, -0.15) is 20.6 Å². The second kappa shape index (κ2) is 31.3. The van der Waals surface area contributed by atoms with Crippen molar-refractivity contribution < 1.29 is 56.1 Å². The summed E-state index contributed by atoms with van der Waals surface area (Å²) in [5.41, 5.74) is 21.7. The summed E-state index contributed by atoms with van der Waals surface area (Å²) in [5.74, 6) is -1.81. The number of primary amides is 3. The van der Waals surface area contributed by atoms with Gasteiger partial charge >= 0.3 is 0 Å². The quantitative estimate of drug-likeness (QED) is 0.0674. The lowest BCUT2D eigenvalue weighted by atomic mass is 10.1. The van der Waals surface area contributed by atoms with Crippen molar-refractivity contribution in [3.63, 3.8) is 0 Å². The van der Waals surface area contributed by atoms with Crippen molar-refractivity contribution >= 4 is 35.4 Å². The average molecular weight is 1330 g/mol. The monoisotopic (exact) mass is 1330 g/mol. The average Bonchev–Trinajstić information content (AvgIpc) is 1.66. The van der Waals surface area contributed by atoms with Crippen molar-refractivity contribution in [1.29, 1.82) is 5.26 Å². The molecule has 0 saturated carbocycles. The number of carbonyl (C=O) groups excluding carboxylic acids is 6. The van der Waals surface area contributed by atoms with E-state index >= 15 is 0 Å². The zero-order chi connectivity index (χ0) is 69.6. The Hall–Kier alpha value is -12.3. The standard InChI is InChI=1S/C25H23N5O3.C24H22F2N4O3.C24H23FN4O3/c1-2-23(31)29-13-3-4-19(15-29)30-16-22(25(27)32)24(28-30)18-7-11-21(12-8-18)33-20-9-5-17(14-26)6-10-20;1-2-22(31)29-11-3-4-16(13-29)30-14-19(24(27)32)23(28-30)15-5-7-17(8-6-15)33-18-9-10-20(25)21(26)12-18;1-2-22(30)28-12-4-6-18(14-28)29-15-21(24(26)31)23(27-29)16-8-10-19(11-9-16)32-20-7-3-5-17(25)13-20/h2,5-12,16,19H,1,3-4,13,15H2,(H2,27,32);2,5-10,12,14,16H,1,3-4,11,13H2,(H2,27,32);2-3,5,7-11,13,15,18H,1,4,6,12,14H2,(H2,26,31)/t19-;16-;18-/m111/s1. The van der Waals surface area contributed by atoms with Gasteiger partial charge in [-0.05, 0) is 178 Å². The molecule has 9 aromatic rings. The summed E-state index contributed by atoms with van der Waals surface area (Å²) in [6.45, 7) is 14.1. The van der Waals surface area contributed by atoms with Crippen LogP contribution in [-0.4, -0.2) is 119 Å². The Morgan fingerprint density at radius 3 is 1.09 bits per heavy atom. The first-order valence-corrected chi connectivity index (χ1v) is 31.2. The van der Waals surface area contributed by atoms with Crippen molar-refractivity contribution in [2.75, 3.05) is 39.3 Å². The van der Waals surface area contributed by atoms with Gasteiger partial charge in [-0.1, -0.05) is 25.8 Å². The first kappa shape index (κ1) is 68.5. The largest absolute Gasteiger partial charge is 0.457 e. The number of carbonyl (C=O) groups is 6. The molecule has 3 aromatic heterocycles. The highest BCUT2D eigenvalue weighted by Crippen LogP contribution is 2.35. The zero-order valence-electron chi connectivity index (χ0n) is 53.1. The lowest BCUT2D eigenvalue weighted by molar-refractivity contribution is -0.128. The van der Waals surface area contributed by atoms with Gasteiger partial charge in [0.1, 0.15) is 57.4 Å². The number of amides is 6. The molecular weight excluding hydrogens is 1260 g/mol. The molecule has 6 amide bonds. The molecule has 6 heterocycles. The van der Waals surface area contributed by atoms with Crippen LogP contribution in [0.5, 0.6) is 34.5 Å². The lowest BCUT2D eigenvalue weighted by Gasteiger charge is -2.32. The van der Waals surface area contributed by atoms with E-state index in [2.05, 4.69) is 41.1 Å². The third-order valence-electron chi connectivity index (χ3n) is 16.5. The van der Waals surface area contributed by atoms with E-state index < -0.39 is 29.4 Å². The van der Waals surface area contributed by atoms with Gasteiger partial charge in [0.2, 0.25) is 17.7 Å². The van der Waals surface area contributed by atoms with Crippen molar-refractivity contribution in [3.8, 4) is 74.3 Å². The summed E-state index contributed by atoms with van der Waals surface area (Å²) in [5, 5.41) is 22.8. The Morgan fingerprint density at radius 1 is 0.449 bits per heavy atom. The third kappa shape index (κ3) is 16.8. The fourth-order valence-corrected chi connectivity index (χ4v) is 11.5. The van der Waals surface area contributed by atoms with E-state index in [1.807, 2.05) is 12.1 Å². The first-order valence-electron chi connectivity index (χ1n) is 31.2. The summed E-state index contributed by atoms with van der Waals surface area (Å²) in [6, 6.07) is 38.6. The maximum atomic E-state index is 13.4. The lowest BCUT2D eigenvalue weighted by Crippen LogP contribution is -2.40. The summed E-state index contributed by atoms with van der Waals surface area (Å²) < 4.78 is 62.0. The first-order chi connectivity index (χ1) is 47.3. The zero-order valence-corrected chi connectivity index (χ0v) is 53.1. The van der Waals surface area contributed by atoms with E-state index in [4.69, 9.17) is 36.7 Å². The number of rotatable bonds is 18. The number of aromatic nitrogens is 6. The van der Waals surface area contributed by atoms with E-state index in [-0.39, 0.29) is 53.0 Å². The molecule has 3 aliphatic rings. The van der Waals surface area contributed by atoms with E-state index in [1.54, 1.807) is 144 Å². The van der Waals surface area contributed by atoms with Crippen molar-refractivity contribution in [2.45, 2.75) is 56.7 Å². The van der Waals surface area contributed by atoms with Gasteiger partial charge in [0, 0.05) is 86.7 Å². The van der Waals surface area contributed by atoms with Gasteiger partial charge in [0.05, 0.1) is 46.4 Å². The minimum Gasteiger partial charge on any atom is -0.457 e. The van der Waals surface area contributed by atoms with Gasteiger partial charge in [-0.3, -0.25) is 42.8 Å². The normalized spacial score (nSPS) is 15.7. The number of nitriles is 1. The number of piperidine rings is 3. The number of benzene rings is 6. The number of likely N-dealkylation sites (tertiary alicyclic amines) is 3. The molecule has 0 spiro atoms. The molecule has 3 atom stereocenters. The summed E-state index contributed by atoms with van der Waals surface area (Å²) in [7, 11) is 0. The van der Waals surface area contributed by atoms with Crippen molar-refractivity contribution in [1.82, 2.24) is 44.0 Å². The molecular formula is C73H68F3N13O9. The summed E-state index contributed by atoms with van der Waals surface area (Å²) in [6.07, 6.45) is 13.8. The number of hydrogen-bond acceptors (Lipinski definition) is 13. The molecule has 0 aliphatic carbocycles. The second-order valence-corrected chi connectivity index (χ2v) is 23.1. The summed E-state index contributed by atoms with van der Waals surface area (Å²) in [4.78, 5) is 77.5. The van der Waals surface area contributed by atoms with Gasteiger partial charge < -0.3 is 46.1 Å². The molecule has 3 fully saturated rings. The Bertz CT molecular complexity index is 4490. The smallest absolute Gasteiger partial charge is 0.252 e. The molecule has 6 N–H and O–H groups in total. The highest BCUT2D eigenvalue weighted by Gasteiger charge is 2.30. The molecule has 500 valence electrons. The van der Waals surface area contributed by atoms with Gasteiger partial charge in [0.15, 0.2) is 11.6 Å². The van der Waals surface area contributed by atoms with E-state index in [0.29, 0.717) is 113 Å². The molecule has 12 rings (SSSR count). The second-order valence-electron chi connectivity index (χ2n) is 23.1. The van der Waals surface area contributed by atoms with Gasteiger partial charge in [-0.25, -0.2) is 13.2 Å². The van der Waals surface area contributed by atoms with Crippen LogP contribution in [0.2, 0.25) is 0 Å². The predicted octanol–water partition coefficient (Wildman–Crippen LogP) is 11.7. The Morgan fingerprint density at radius 2 is 0.776 bits per heavy atom. The maximum absolute atomic E-state index is 13.4. The van der Waals surface area contributed by atoms with Gasteiger partial charge in [0.25, 0.3) is 17.7 Å². The molecule has 0 radical (unpaired) electrons. The molecule has 98 heavy (non-hydrogen) atoms. The van der Waals surface area contributed by atoms with Crippen LogP contribution in [0.15, 0.2) is 196 Å². The van der Waals surface area contributed by atoms with Gasteiger partial charge in [-0.15, -0.1) is 0 Å². The van der Waals surface area contributed by atoms with Crippen LogP contribution in [0, 0.1) is 28.8 Å². The Kier molecular flexibility index (Phi) is 21.9. The third-order valence-corrected chi connectivity index (χ3v) is 16.5. The molecule has 25 heteroatoms. The molecule has 3 saturated heterocycles. The molecule has 3 aliphatic heterocycles. The topological polar surface area (TPSA) is 295 Å². The highest BCUT2D eigenvalue weighted by molar-refractivity contribution is 6.00. The SMILES string of the molecule is C=CC(=O)N1CCC[C@@H](n2cc(C(N)=O)c(-c3ccc(Oc4ccc(C#N)cc4)cc3)n2)C1.C=CC(=O)N1CCC[C@@H](n2cc(C(N)=O)c(-c3ccc(Oc4ccc(F)c(F)c4)cc3)n2)C1.C=CC(=O)N1CCC[C@@H](n2cc(C(N)=O)c(-c3ccc(Oc4cccc(F)c4)cc3)n2)C1. The Labute approximate surface area is 561 Å².